The van der Waals surface area contributed by atoms with E-state index >= 15 is 0 Å². The predicted octanol–water partition coefficient (Wildman–Crippen LogP) is 7.68. The molecule has 0 heterocycles. The van der Waals surface area contributed by atoms with Crippen LogP contribution in [0.1, 0.15) is 162 Å². The summed E-state index contributed by atoms with van der Waals surface area (Å²) in [5, 5.41) is 0. The second-order valence-electron chi connectivity index (χ2n) is 9.39. The largest absolute Gasteiger partial charge is 1.00 e. The Labute approximate surface area is 257 Å². The zero-order valence-electron chi connectivity index (χ0n) is 24.0. The normalized spacial score (nSPS) is 10.7. The second-order valence-corrected chi connectivity index (χ2v) is 9.39. The Morgan fingerprint density at radius 3 is 1.18 bits per heavy atom. The molecule has 0 atom stereocenters. The number of hydroxylamine groups is 1. The number of rotatable bonds is 26. The molecule has 0 radical (unpaired) electrons. The van der Waals surface area contributed by atoms with Gasteiger partial charge in [0.2, 0.25) is 0 Å². The standard InChI is InChI=1S/C28H56NO.C2H4O.K/c1-3-4-5-6-7-8-9-10-11-12-13-14-15-16-17-18-19-20-21-22-23-24-25-26-27-28-29-30-2;1-2-3;/h10-11H,3-9,12-28H2,1-2H3;2H,1H3;/q-1;;+1/b11-10-;;. The van der Waals surface area contributed by atoms with Gasteiger partial charge in [0.25, 0.3) is 0 Å². The Morgan fingerprint density at radius 1 is 0.559 bits per heavy atom. The first kappa shape index (κ1) is 39.5. The molecule has 0 aromatic rings. The molecule has 0 aliphatic heterocycles. The Balaban J connectivity index is -0.00000227. The van der Waals surface area contributed by atoms with Gasteiger partial charge in [-0.25, -0.2) is 0 Å². The summed E-state index contributed by atoms with van der Waals surface area (Å²) >= 11 is 0. The van der Waals surface area contributed by atoms with Gasteiger partial charge in [-0.3, -0.25) is 0 Å². The van der Waals surface area contributed by atoms with Gasteiger partial charge in [0, 0.05) is 7.11 Å². The third-order valence-corrected chi connectivity index (χ3v) is 6.14. The van der Waals surface area contributed by atoms with Crippen molar-refractivity contribution < 1.29 is 61.0 Å². The summed E-state index contributed by atoms with van der Waals surface area (Å²) in [5.41, 5.74) is 3.90. The molecule has 0 aromatic heterocycles. The number of hydrogen-bond donors (Lipinski definition) is 0. The van der Waals surface area contributed by atoms with Crippen LogP contribution in [-0.4, -0.2) is 19.9 Å². The molecular formula is C30H60KNO2. The van der Waals surface area contributed by atoms with Crippen molar-refractivity contribution in [1.82, 2.24) is 0 Å². The Bertz CT molecular complexity index is 364. The van der Waals surface area contributed by atoms with E-state index in [1.54, 1.807) is 7.11 Å². The van der Waals surface area contributed by atoms with Crippen LogP contribution in [-0.2, 0) is 9.63 Å². The van der Waals surface area contributed by atoms with Gasteiger partial charge in [-0.15, -0.1) is 6.54 Å². The summed E-state index contributed by atoms with van der Waals surface area (Å²) < 4.78 is 0. The second kappa shape index (κ2) is 41.1. The zero-order chi connectivity index (χ0) is 24.5. The molecule has 0 saturated heterocycles. The monoisotopic (exact) mass is 505 g/mol. The fraction of sp³-hybridized carbons (Fsp3) is 0.900. The average Bonchev–Trinajstić information content (AvgIpc) is 2.82. The zero-order valence-corrected chi connectivity index (χ0v) is 27.1. The molecule has 198 valence electrons. The predicted molar refractivity (Wildman–Crippen MR) is 148 cm³/mol. The van der Waals surface area contributed by atoms with Gasteiger partial charge in [-0.05, 0) is 32.6 Å². The van der Waals surface area contributed by atoms with E-state index in [0.717, 1.165) is 12.8 Å². The van der Waals surface area contributed by atoms with Crippen LogP contribution in [0.2, 0.25) is 0 Å². The van der Waals surface area contributed by atoms with Crippen LogP contribution >= 0.6 is 0 Å². The van der Waals surface area contributed by atoms with Crippen molar-refractivity contribution in [3.63, 3.8) is 0 Å². The van der Waals surface area contributed by atoms with E-state index in [1.807, 2.05) is 0 Å². The van der Waals surface area contributed by atoms with Gasteiger partial charge in [-0.1, -0.05) is 141 Å². The summed E-state index contributed by atoms with van der Waals surface area (Å²) in [7, 11) is 1.64. The first-order chi connectivity index (χ1) is 16.3. The molecular weight excluding hydrogens is 445 g/mol. The third-order valence-electron chi connectivity index (χ3n) is 6.14. The number of aldehydes is 1. The fourth-order valence-electron chi connectivity index (χ4n) is 4.11. The summed E-state index contributed by atoms with van der Waals surface area (Å²) in [5.74, 6) is 0. The fourth-order valence-corrected chi connectivity index (χ4v) is 4.11. The van der Waals surface area contributed by atoms with Crippen molar-refractivity contribution >= 4 is 6.29 Å². The summed E-state index contributed by atoms with van der Waals surface area (Å²) in [4.78, 5) is 13.5. The van der Waals surface area contributed by atoms with Crippen LogP contribution in [0.15, 0.2) is 12.2 Å². The quantitative estimate of drug-likeness (QED) is 0.0397. The minimum Gasteiger partial charge on any atom is -0.535 e. The number of carbonyl (C=O) groups is 1. The van der Waals surface area contributed by atoms with E-state index in [0.29, 0.717) is 0 Å². The Morgan fingerprint density at radius 2 is 0.853 bits per heavy atom. The molecule has 3 nitrogen and oxygen atoms in total. The smallest absolute Gasteiger partial charge is 0.535 e. The van der Waals surface area contributed by atoms with E-state index in [2.05, 4.69) is 24.6 Å². The van der Waals surface area contributed by atoms with Crippen LogP contribution in [0.4, 0.5) is 0 Å². The first-order valence-electron chi connectivity index (χ1n) is 14.6. The molecule has 0 aliphatic rings. The van der Waals surface area contributed by atoms with E-state index < -0.39 is 0 Å². The maximum absolute atomic E-state index is 8.81. The van der Waals surface area contributed by atoms with E-state index in [-0.39, 0.29) is 51.4 Å². The van der Waals surface area contributed by atoms with Crippen LogP contribution in [0.25, 0.3) is 5.48 Å². The molecule has 0 fully saturated rings. The van der Waals surface area contributed by atoms with Gasteiger partial charge in [-0.2, -0.15) is 0 Å². The van der Waals surface area contributed by atoms with Crippen molar-refractivity contribution in [2.75, 3.05) is 13.7 Å². The van der Waals surface area contributed by atoms with Crippen molar-refractivity contribution in [3.05, 3.63) is 17.6 Å². The first-order valence-corrected chi connectivity index (χ1v) is 14.6. The van der Waals surface area contributed by atoms with Gasteiger partial charge in [0.15, 0.2) is 0 Å². The summed E-state index contributed by atoms with van der Waals surface area (Å²) in [6.07, 6.45) is 37.8. The van der Waals surface area contributed by atoms with E-state index in [1.165, 1.54) is 155 Å². The van der Waals surface area contributed by atoms with Gasteiger partial charge in [0.1, 0.15) is 6.29 Å². The topological polar surface area (TPSA) is 40.4 Å². The SMILES string of the molecule is CC=O.CCCCCCCC/C=C\CCCCCCCCCCCCCCCCC[N-]OC.[K+]. The summed E-state index contributed by atoms with van der Waals surface area (Å²) in [6, 6.07) is 0. The number of allylic oxidation sites excluding steroid dienone is 2. The molecule has 0 aromatic carbocycles. The molecule has 0 rings (SSSR count). The molecule has 0 bridgehead atoms. The maximum atomic E-state index is 8.81. The molecule has 34 heavy (non-hydrogen) atoms. The van der Waals surface area contributed by atoms with Crippen molar-refractivity contribution in [1.29, 1.82) is 0 Å². The molecule has 0 amide bonds. The average molecular weight is 506 g/mol. The molecule has 0 N–H and O–H groups in total. The minimum atomic E-state index is 0. The van der Waals surface area contributed by atoms with Gasteiger partial charge < -0.3 is 15.1 Å². The third kappa shape index (κ3) is 43.1. The maximum Gasteiger partial charge on any atom is 1.00 e. The number of carbonyl (C=O) groups excluding carboxylic acids is 1. The van der Waals surface area contributed by atoms with Gasteiger partial charge in [0.05, 0.1) is 0 Å². The summed E-state index contributed by atoms with van der Waals surface area (Å²) in [6.45, 7) is 4.60. The van der Waals surface area contributed by atoms with Crippen molar-refractivity contribution in [2.24, 2.45) is 0 Å². The van der Waals surface area contributed by atoms with E-state index in [9.17, 15) is 0 Å². The van der Waals surface area contributed by atoms with Crippen LogP contribution in [0, 0.1) is 0 Å². The van der Waals surface area contributed by atoms with Crippen LogP contribution in [0.3, 0.4) is 0 Å². The van der Waals surface area contributed by atoms with E-state index in [4.69, 9.17) is 9.63 Å². The molecule has 0 aliphatic carbocycles. The van der Waals surface area contributed by atoms with Gasteiger partial charge >= 0.3 is 51.4 Å². The number of hydrogen-bond acceptors (Lipinski definition) is 2. The Kier molecular flexibility index (Phi) is 47.7. The van der Waals surface area contributed by atoms with Crippen molar-refractivity contribution in [3.8, 4) is 0 Å². The minimum absolute atomic E-state index is 0. The molecule has 0 unspecified atom stereocenters. The van der Waals surface area contributed by atoms with Crippen molar-refractivity contribution in [2.45, 2.75) is 162 Å². The molecule has 0 spiro atoms. The molecule has 4 heteroatoms. The number of nitrogens with zero attached hydrogens (tertiary/aromatic N) is 1. The molecule has 0 saturated carbocycles. The Hall–Kier alpha value is 0.966. The van der Waals surface area contributed by atoms with Crippen LogP contribution < -0.4 is 51.4 Å². The number of unbranched alkanes of at least 4 members (excludes halogenated alkanes) is 21. The van der Waals surface area contributed by atoms with Crippen LogP contribution in [0.5, 0.6) is 0 Å².